The number of hydrogen-bond acceptors (Lipinski definition) is 5. The third kappa shape index (κ3) is 2.99. The molecule has 0 N–H and O–H groups in total. The molecular weight excluding hydrogens is 402 g/mol. The fourth-order valence-corrected chi connectivity index (χ4v) is 6.44. The van der Waals surface area contributed by atoms with Crippen LogP contribution in [0.2, 0.25) is 0 Å². The number of fused-ring (bicyclic) bond motifs is 3. The van der Waals surface area contributed by atoms with Gasteiger partial charge < -0.3 is 4.90 Å². The van der Waals surface area contributed by atoms with Crippen molar-refractivity contribution in [1.29, 1.82) is 0 Å². The summed E-state index contributed by atoms with van der Waals surface area (Å²) in [5.74, 6) is 1.85. The van der Waals surface area contributed by atoms with E-state index in [0.717, 1.165) is 17.4 Å². The minimum atomic E-state index is -0.0352. The maximum absolute atomic E-state index is 5.17. The van der Waals surface area contributed by atoms with Crippen LogP contribution in [0.25, 0.3) is 5.00 Å². The average molecular weight is 432 g/mol. The first-order valence-corrected chi connectivity index (χ1v) is 12.2. The van der Waals surface area contributed by atoms with Crippen molar-refractivity contribution in [3.8, 4) is 5.00 Å². The molecule has 3 aliphatic rings. The molecular formula is C25H29N5S. The molecule has 3 aromatic rings. The number of hydrogen-bond donors (Lipinski definition) is 0. The van der Waals surface area contributed by atoms with E-state index in [-0.39, 0.29) is 6.04 Å². The topological polar surface area (TPSA) is 46.3 Å². The zero-order valence-corrected chi connectivity index (χ0v) is 19.6. The lowest BCUT2D eigenvalue weighted by Crippen LogP contribution is -2.34. The van der Waals surface area contributed by atoms with Crippen molar-refractivity contribution in [3.63, 3.8) is 0 Å². The summed E-state index contributed by atoms with van der Waals surface area (Å²) in [4.78, 5) is 9.05. The van der Waals surface area contributed by atoms with Gasteiger partial charge in [0.1, 0.15) is 16.9 Å². The zero-order chi connectivity index (χ0) is 21.3. The second-order valence-corrected chi connectivity index (χ2v) is 10.8. The van der Waals surface area contributed by atoms with Gasteiger partial charge in [0.05, 0.1) is 5.71 Å². The van der Waals surface area contributed by atoms with E-state index >= 15 is 0 Å². The Morgan fingerprint density at radius 3 is 2.35 bits per heavy atom. The van der Waals surface area contributed by atoms with Crippen LogP contribution in [0.15, 0.2) is 29.3 Å². The maximum Gasteiger partial charge on any atom is 0.162 e. The molecule has 0 radical (unpaired) electrons. The van der Waals surface area contributed by atoms with Crippen LogP contribution >= 0.6 is 11.3 Å². The molecule has 0 bridgehead atoms. The Kier molecular flexibility index (Phi) is 4.20. The molecule has 6 rings (SSSR count). The number of benzene rings is 1. The molecule has 0 unspecified atom stereocenters. The van der Waals surface area contributed by atoms with Crippen molar-refractivity contribution in [1.82, 2.24) is 14.8 Å². The number of nitrogens with zero attached hydrogens (tertiary/aromatic N) is 5. The van der Waals surface area contributed by atoms with E-state index < -0.39 is 0 Å². The highest BCUT2D eigenvalue weighted by Crippen LogP contribution is 2.54. The van der Waals surface area contributed by atoms with Crippen molar-refractivity contribution in [3.05, 3.63) is 57.5 Å². The summed E-state index contributed by atoms with van der Waals surface area (Å²) in [6.45, 7) is 10.9. The molecule has 4 heterocycles. The highest BCUT2D eigenvalue weighted by Gasteiger charge is 2.44. The van der Waals surface area contributed by atoms with E-state index in [2.05, 4.69) is 64.7 Å². The molecule has 5 nitrogen and oxygen atoms in total. The van der Waals surface area contributed by atoms with Crippen LogP contribution in [0.1, 0.15) is 71.9 Å². The monoisotopic (exact) mass is 431 g/mol. The van der Waals surface area contributed by atoms with Crippen LogP contribution in [0.3, 0.4) is 0 Å². The number of anilines is 1. The number of thiophene rings is 1. The second-order valence-electron chi connectivity index (χ2n) is 9.59. The largest absolute Gasteiger partial charge is 0.371 e. The number of rotatable bonds is 2. The van der Waals surface area contributed by atoms with Crippen LogP contribution in [0.5, 0.6) is 0 Å². The number of piperidine rings is 1. The predicted octanol–water partition coefficient (Wildman–Crippen LogP) is 5.55. The lowest BCUT2D eigenvalue weighted by molar-refractivity contribution is 0.384. The fourth-order valence-electron chi connectivity index (χ4n) is 5.23. The van der Waals surface area contributed by atoms with Gasteiger partial charge >= 0.3 is 0 Å². The summed E-state index contributed by atoms with van der Waals surface area (Å²) in [6.07, 6.45) is 5.61. The van der Waals surface area contributed by atoms with Crippen LogP contribution in [-0.4, -0.2) is 33.6 Å². The molecule has 1 saturated carbocycles. The SMILES string of the molecule is Cc1sc2c(c1C)C(c1ccc(N3CCC4(CC3)CC4)cc1)=N[C@@H](C)c1nnc(C)n1-2. The van der Waals surface area contributed by atoms with Crippen molar-refractivity contribution in [2.45, 2.75) is 59.4 Å². The van der Waals surface area contributed by atoms with Crippen LogP contribution in [-0.2, 0) is 0 Å². The minimum absolute atomic E-state index is 0.0352. The Bertz CT molecular complexity index is 1190. The lowest BCUT2D eigenvalue weighted by atomic mass is 9.93. The zero-order valence-electron chi connectivity index (χ0n) is 18.8. The molecule has 2 aliphatic heterocycles. The van der Waals surface area contributed by atoms with E-state index in [0.29, 0.717) is 5.41 Å². The predicted molar refractivity (Wildman–Crippen MR) is 127 cm³/mol. The van der Waals surface area contributed by atoms with Gasteiger partial charge in [-0.15, -0.1) is 21.5 Å². The highest BCUT2D eigenvalue weighted by atomic mass is 32.1. The van der Waals surface area contributed by atoms with E-state index in [9.17, 15) is 0 Å². The lowest BCUT2D eigenvalue weighted by Gasteiger charge is -2.34. The molecule has 1 saturated heterocycles. The van der Waals surface area contributed by atoms with Gasteiger partial charge in [0.2, 0.25) is 0 Å². The van der Waals surface area contributed by atoms with Gasteiger partial charge in [0.15, 0.2) is 5.82 Å². The van der Waals surface area contributed by atoms with Crippen LogP contribution in [0.4, 0.5) is 5.69 Å². The summed E-state index contributed by atoms with van der Waals surface area (Å²) in [6, 6.07) is 9.07. The van der Waals surface area contributed by atoms with E-state index in [1.165, 1.54) is 71.0 Å². The van der Waals surface area contributed by atoms with Crippen molar-refractivity contribution >= 4 is 22.7 Å². The molecule has 1 aromatic carbocycles. The molecule has 6 heteroatoms. The van der Waals surface area contributed by atoms with Gasteiger partial charge in [-0.3, -0.25) is 9.56 Å². The van der Waals surface area contributed by atoms with Crippen molar-refractivity contribution < 1.29 is 0 Å². The molecule has 1 aliphatic carbocycles. The molecule has 2 fully saturated rings. The molecule has 1 spiro atoms. The fraction of sp³-hybridized carbons (Fsp3) is 0.480. The normalized spacial score (nSPS) is 21.5. The maximum atomic E-state index is 5.17. The summed E-state index contributed by atoms with van der Waals surface area (Å²) < 4.78 is 2.21. The molecule has 31 heavy (non-hydrogen) atoms. The Morgan fingerprint density at radius 2 is 1.68 bits per heavy atom. The van der Waals surface area contributed by atoms with Crippen LogP contribution < -0.4 is 4.90 Å². The first kappa shape index (κ1) is 19.2. The van der Waals surface area contributed by atoms with Crippen molar-refractivity contribution in [2.75, 3.05) is 18.0 Å². The minimum Gasteiger partial charge on any atom is -0.371 e. The van der Waals surface area contributed by atoms with E-state index in [1.54, 1.807) is 0 Å². The summed E-state index contributed by atoms with van der Waals surface area (Å²) >= 11 is 1.82. The first-order valence-electron chi connectivity index (χ1n) is 11.4. The summed E-state index contributed by atoms with van der Waals surface area (Å²) in [5, 5.41) is 10.0. The second kappa shape index (κ2) is 6.76. The van der Waals surface area contributed by atoms with Gasteiger partial charge in [0.25, 0.3) is 0 Å². The Balaban J connectivity index is 1.39. The third-order valence-electron chi connectivity index (χ3n) is 7.64. The third-order valence-corrected chi connectivity index (χ3v) is 8.83. The smallest absolute Gasteiger partial charge is 0.162 e. The van der Waals surface area contributed by atoms with E-state index in [1.807, 2.05) is 18.3 Å². The Hall–Kier alpha value is -2.47. The van der Waals surface area contributed by atoms with Gasteiger partial charge in [-0.1, -0.05) is 12.1 Å². The number of aromatic nitrogens is 3. The Morgan fingerprint density at radius 1 is 0.968 bits per heavy atom. The van der Waals surface area contributed by atoms with Gasteiger partial charge in [-0.2, -0.15) is 0 Å². The first-order chi connectivity index (χ1) is 15.0. The average Bonchev–Trinajstić information content (AvgIpc) is 3.35. The van der Waals surface area contributed by atoms with E-state index in [4.69, 9.17) is 4.99 Å². The number of aryl methyl sites for hydroxylation is 2. The van der Waals surface area contributed by atoms with Crippen LogP contribution in [0, 0.1) is 26.2 Å². The van der Waals surface area contributed by atoms with Crippen molar-refractivity contribution in [2.24, 2.45) is 10.4 Å². The van der Waals surface area contributed by atoms with Gasteiger partial charge in [0, 0.05) is 34.8 Å². The molecule has 1 atom stereocenters. The Labute approximate surface area is 187 Å². The standard InChI is InChI=1S/C25H29N5S/c1-15-17(3)31-24-21(15)22(26-16(2)23-28-27-18(4)30(23)24)19-5-7-20(8-6-19)29-13-11-25(9-10-25)12-14-29/h5-8,16H,9-14H2,1-4H3/t16-/m0/s1. The summed E-state index contributed by atoms with van der Waals surface area (Å²) in [7, 11) is 0. The number of aliphatic imine (C=N–C) groups is 1. The molecule has 0 amide bonds. The molecule has 160 valence electrons. The summed E-state index contributed by atoms with van der Waals surface area (Å²) in [5.41, 5.74) is 6.86. The molecule has 2 aromatic heterocycles. The van der Waals surface area contributed by atoms with Gasteiger partial charge in [-0.25, -0.2) is 0 Å². The highest BCUT2D eigenvalue weighted by molar-refractivity contribution is 7.15. The quantitative estimate of drug-likeness (QED) is 0.535. The van der Waals surface area contributed by atoms with Gasteiger partial charge in [-0.05, 0) is 76.5 Å².